The van der Waals surface area contributed by atoms with Crippen LogP contribution in [0, 0.1) is 0 Å². The monoisotopic (exact) mass is 167 g/mol. The Labute approximate surface area is 69.5 Å². The molecule has 1 aromatic heterocycles. The van der Waals surface area contributed by atoms with E-state index in [1.807, 2.05) is 24.6 Å². The molecule has 1 atom stereocenters. The number of hydrogen-bond donors (Lipinski definition) is 1. The molecule has 2 heterocycles. The smallest absolute Gasteiger partial charge is 0.204 e. The minimum atomic E-state index is 0.0509. The lowest BCUT2D eigenvalue weighted by atomic mass is 10.4. The van der Waals surface area contributed by atoms with Gasteiger partial charge < -0.3 is 10.1 Å². The lowest BCUT2D eigenvalue weighted by Gasteiger charge is -2.08. The second-order valence-electron chi connectivity index (χ2n) is 2.43. The van der Waals surface area contributed by atoms with Crippen LogP contribution in [0.5, 0.6) is 0 Å². The summed E-state index contributed by atoms with van der Waals surface area (Å²) in [6.07, 6.45) is 1.94. The molecule has 0 bridgehead atoms. The topological polar surface area (TPSA) is 21.3 Å². The first-order valence-electron chi connectivity index (χ1n) is 3.49. The molecule has 0 spiro atoms. The highest BCUT2D eigenvalue weighted by Crippen LogP contribution is 2.25. The lowest BCUT2D eigenvalue weighted by Crippen LogP contribution is -2.09. The summed E-state index contributed by atoms with van der Waals surface area (Å²) >= 11 is 1.70. The SMILES string of the molecule is CC1=CNC(c2cccs2)O1. The second-order valence-corrected chi connectivity index (χ2v) is 3.41. The van der Waals surface area contributed by atoms with E-state index in [9.17, 15) is 0 Å². The van der Waals surface area contributed by atoms with Crippen LogP contribution in [0.2, 0.25) is 0 Å². The maximum atomic E-state index is 5.47. The van der Waals surface area contributed by atoms with Gasteiger partial charge in [0.05, 0.1) is 4.88 Å². The normalized spacial score (nSPS) is 22.3. The third kappa shape index (κ3) is 1.24. The zero-order valence-corrected chi connectivity index (χ0v) is 7.02. The number of allylic oxidation sites excluding steroid dienone is 1. The van der Waals surface area contributed by atoms with Crippen LogP contribution in [-0.2, 0) is 4.74 Å². The molecule has 0 saturated carbocycles. The third-order valence-corrected chi connectivity index (χ3v) is 2.46. The predicted molar refractivity (Wildman–Crippen MR) is 45.0 cm³/mol. The standard InChI is InChI=1S/C8H9NOS/c1-6-5-9-8(10-6)7-3-2-4-11-7/h2-5,8-9H,1H3. The third-order valence-electron chi connectivity index (χ3n) is 1.54. The average Bonchev–Trinajstić information content (AvgIpc) is 2.55. The van der Waals surface area contributed by atoms with E-state index in [0.717, 1.165) is 5.76 Å². The van der Waals surface area contributed by atoms with Crippen LogP contribution in [-0.4, -0.2) is 0 Å². The summed E-state index contributed by atoms with van der Waals surface area (Å²) in [4.78, 5) is 1.22. The minimum Gasteiger partial charge on any atom is -0.469 e. The molecule has 1 aliphatic rings. The van der Waals surface area contributed by atoms with Gasteiger partial charge in [-0.3, -0.25) is 0 Å². The molecular formula is C8H9NOS. The molecule has 2 rings (SSSR count). The van der Waals surface area contributed by atoms with Crippen molar-refractivity contribution in [2.75, 3.05) is 0 Å². The Bertz CT molecular complexity index is 266. The van der Waals surface area contributed by atoms with Gasteiger partial charge in [0.1, 0.15) is 5.76 Å². The fraction of sp³-hybridized carbons (Fsp3) is 0.250. The fourth-order valence-corrected chi connectivity index (χ4v) is 1.74. The van der Waals surface area contributed by atoms with Crippen LogP contribution < -0.4 is 5.32 Å². The van der Waals surface area contributed by atoms with E-state index in [1.54, 1.807) is 11.3 Å². The van der Waals surface area contributed by atoms with Crippen LogP contribution in [0.3, 0.4) is 0 Å². The molecule has 1 unspecified atom stereocenters. The van der Waals surface area contributed by atoms with Crippen LogP contribution in [0.15, 0.2) is 29.5 Å². The van der Waals surface area contributed by atoms with E-state index < -0.39 is 0 Å². The second kappa shape index (κ2) is 2.58. The molecular weight excluding hydrogens is 158 g/mol. The van der Waals surface area contributed by atoms with E-state index in [-0.39, 0.29) is 6.23 Å². The van der Waals surface area contributed by atoms with Gasteiger partial charge in [0.2, 0.25) is 6.23 Å². The number of rotatable bonds is 1. The highest BCUT2D eigenvalue weighted by molar-refractivity contribution is 7.10. The maximum Gasteiger partial charge on any atom is 0.204 e. The number of nitrogens with one attached hydrogen (secondary N) is 1. The van der Waals surface area contributed by atoms with Crippen molar-refractivity contribution in [2.45, 2.75) is 13.2 Å². The van der Waals surface area contributed by atoms with E-state index in [0.29, 0.717) is 0 Å². The number of ether oxygens (including phenoxy) is 1. The Balaban J connectivity index is 2.11. The first-order valence-corrected chi connectivity index (χ1v) is 4.37. The van der Waals surface area contributed by atoms with E-state index in [4.69, 9.17) is 4.74 Å². The van der Waals surface area contributed by atoms with Crippen molar-refractivity contribution in [1.29, 1.82) is 0 Å². The van der Waals surface area contributed by atoms with Gasteiger partial charge in [0.15, 0.2) is 0 Å². The summed E-state index contributed by atoms with van der Waals surface area (Å²) in [7, 11) is 0. The molecule has 1 aromatic rings. The Morgan fingerprint density at radius 2 is 2.55 bits per heavy atom. The van der Waals surface area contributed by atoms with Crippen molar-refractivity contribution in [1.82, 2.24) is 5.32 Å². The molecule has 1 aliphatic heterocycles. The first kappa shape index (κ1) is 6.73. The van der Waals surface area contributed by atoms with Crippen LogP contribution in [0.25, 0.3) is 0 Å². The first-order chi connectivity index (χ1) is 5.36. The number of hydrogen-bond acceptors (Lipinski definition) is 3. The van der Waals surface area contributed by atoms with E-state index >= 15 is 0 Å². The highest BCUT2D eigenvalue weighted by Gasteiger charge is 2.16. The van der Waals surface area contributed by atoms with Crippen LogP contribution >= 0.6 is 11.3 Å². The van der Waals surface area contributed by atoms with Gasteiger partial charge in [-0.1, -0.05) is 6.07 Å². The van der Waals surface area contributed by atoms with Gasteiger partial charge in [0.25, 0.3) is 0 Å². The van der Waals surface area contributed by atoms with Crippen molar-refractivity contribution in [2.24, 2.45) is 0 Å². The molecule has 0 fully saturated rings. The summed E-state index contributed by atoms with van der Waals surface area (Å²) in [5.41, 5.74) is 0. The Morgan fingerprint density at radius 3 is 3.09 bits per heavy atom. The van der Waals surface area contributed by atoms with Gasteiger partial charge in [-0.25, -0.2) is 0 Å². The van der Waals surface area contributed by atoms with Gasteiger partial charge in [-0.2, -0.15) is 0 Å². The average molecular weight is 167 g/mol. The van der Waals surface area contributed by atoms with Gasteiger partial charge in [0, 0.05) is 6.20 Å². The van der Waals surface area contributed by atoms with Crippen molar-refractivity contribution in [3.05, 3.63) is 34.3 Å². The molecule has 0 amide bonds. The van der Waals surface area contributed by atoms with Crippen molar-refractivity contribution >= 4 is 11.3 Å². The molecule has 11 heavy (non-hydrogen) atoms. The Kier molecular flexibility index (Phi) is 1.58. The van der Waals surface area contributed by atoms with Gasteiger partial charge >= 0.3 is 0 Å². The van der Waals surface area contributed by atoms with E-state index in [2.05, 4.69) is 11.4 Å². The summed E-state index contributed by atoms with van der Waals surface area (Å²) in [6, 6.07) is 4.09. The molecule has 0 aliphatic carbocycles. The summed E-state index contributed by atoms with van der Waals surface area (Å²) in [5, 5.41) is 5.18. The van der Waals surface area contributed by atoms with Gasteiger partial charge in [-0.05, 0) is 18.4 Å². The minimum absolute atomic E-state index is 0.0509. The highest BCUT2D eigenvalue weighted by atomic mass is 32.1. The molecule has 2 nitrogen and oxygen atoms in total. The zero-order chi connectivity index (χ0) is 7.68. The Hall–Kier alpha value is -0.960. The van der Waals surface area contributed by atoms with Crippen molar-refractivity contribution in [3.8, 4) is 0 Å². The number of thiophene rings is 1. The predicted octanol–water partition coefficient (Wildman–Crippen LogP) is 2.23. The van der Waals surface area contributed by atoms with E-state index in [1.165, 1.54) is 4.88 Å². The summed E-state index contributed by atoms with van der Waals surface area (Å²) in [5.74, 6) is 0.948. The van der Waals surface area contributed by atoms with Crippen molar-refractivity contribution in [3.63, 3.8) is 0 Å². The summed E-state index contributed by atoms with van der Waals surface area (Å²) in [6.45, 7) is 1.95. The lowest BCUT2D eigenvalue weighted by molar-refractivity contribution is 0.133. The molecule has 0 radical (unpaired) electrons. The quantitative estimate of drug-likeness (QED) is 0.692. The zero-order valence-electron chi connectivity index (χ0n) is 6.20. The van der Waals surface area contributed by atoms with Crippen molar-refractivity contribution < 1.29 is 4.74 Å². The molecule has 1 N–H and O–H groups in total. The molecule has 3 heteroatoms. The van der Waals surface area contributed by atoms with Crippen LogP contribution in [0.4, 0.5) is 0 Å². The van der Waals surface area contributed by atoms with Gasteiger partial charge in [-0.15, -0.1) is 11.3 Å². The molecule has 0 saturated heterocycles. The maximum absolute atomic E-state index is 5.47. The Morgan fingerprint density at radius 1 is 1.64 bits per heavy atom. The molecule has 58 valence electrons. The fourth-order valence-electron chi connectivity index (χ4n) is 1.03. The van der Waals surface area contributed by atoms with Crippen LogP contribution in [0.1, 0.15) is 18.0 Å². The molecule has 0 aromatic carbocycles. The summed E-state index contributed by atoms with van der Waals surface area (Å²) < 4.78 is 5.47. The largest absolute Gasteiger partial charge is 0.469 e.